The summed E-state index contributed by atoms with van der Waals surface area (Å²) in [6.45, 7) is 1.97. The number of anilines is 1. The van der Waals surface area contributed by atoms with E-state index in [4.69, 9.17) is 16.3 Å². The number of fused-ring (bicyclic) bond motifs is 1. The quantitative estimate of drug-likeness (QED) is 0.0814. The van der Waals surface area contributed by atoms with E-state index < -0.39 is 11.9 Å². The molecule has 10 heteroatoms. The largest absolute Gasteiger partial charge is 0.422 e. The van der Waals surface area contributed by atoms with E-state index in [1.807, 2.05) is 31.2 Å². The van der Waals surface area contributed by atoms with E-state index >= 15 is 0 Å². The molecule has 4 aromatic carbocycles. The van der Waals surface area contributed by atoms with Crippen LogP contribution in [0.5, 0.6) is 5.75 Å². The highest BCUT2D eigenvalue weighted by Gasteiger charge is 2.20. The second-order valence-electron chi connectivity index (χ2n) is 8.91. The summed E-state index contributed by atoms with van der Waals surface area (Å²) in [5, 5.41) is 7.97. The molecule has 5 rings (SSSR count). The molecule has 1 aromatic heterocycles. The highest BCUT2D eigenvalue weighted by molar-refractivity contribution is 9.10. The van der Waals surface area contributed by atoms with Crippen LogP contribution in [0.15, 0.2) is 101 Å². The van der Waals surface area contributed by atoms with Crippen LogP contribution in [0.3, 0.4) is 0 Å². The number of thiophene rings is 1. The Morgan fingerprint density at radius 2 is 1.63 bits per heavy atom. The van der Waals surface area contributed by atoms with Crippen molar-refractivity contribution in [2.45, 2.75) is 6.92 Å². The van der Waals surface area contributed by atoms with Crippen molar-refractivity contribution in [1.82, 2.24) is 5.43 Å². The Hall–Kier alpha value is -4.31. The predicted octanol–water partition coefficient (Wildman–Crippen LogP) is 7.86. The molecule has 0 aliphatic rings. The van der Waals surface area contributed by atoms with E-state index in [0.717, 1.165) is 20.1 Å². The molecule has 2 N–H and O–H groups in total. The maximum absolute atomic E-state index is 13.0. The molecule has 0 atom stereocenters. The molecule has 204 valence electrons. The lowest BCUT2D eigenvalue weighted by molar-refractivity contribution is 0.0739. The minimum Gasteiger partial charge on any atom is -0.422 e. The molecule has 5 aromatic rings. The third kappa shape index (κ3) is 6.71. The predicted molar refractivity (Wildman–Crippen MR) is 167 cm³/mol. The SMILES string of the molecule is Cc1ccc2c(Cl)c(C(=O)Oc3ccc(Br)cc3/C=N\NC(=O)c3ccc(NC(=O)c4ccccc4)cc3)sc2c1. The van der Waals surface area contributed by atoms with Gasteiger partial charge in [-0.1, -0.05) is 57.9 Å². The molecular weight excluding hydrogens is 626 g/mol. The molecule has 41 heavy (non-hydrogen) atoms. The molecule has 0 spiro atoms. The molecule has 0 bridgehead atoms. The van der Waals surface area contributed by atoms with E-state index in [0.29, 0.717) is 32.3 Å². The van der Waals surface area contributed by atoms with Gasteiger partial charge in [0.25, 0.3) is 11.8 Å². The smallest absolute Gasteiger partial charge is 0.355 e. The van der Waals surface area contributed by atoms with Crippen molar-refractivity contribution < 1.29 is 19.1 Å². The fourth-order valence-corrected chi connectivity index (χ4v) is 5.75. The summed E-state index contributed by atoms with van der Waals surface area (Å²) < 4.78 is 7.30. The van der Waals surface area contributed by atoms with Crippen LogP contribution in [-0.2, 0) is 0 Å². The summed E-state index contributed by atoms with van der Waals surface area (Å²) in [7, 11) is 0. The van der Waals surface area contributed by atoms with Crippen LogP contribution in [0.1, 0.15) is 41.5 Å². The van der Waals surface area contributed by atoms with Gasteiger partial charge in [0.05, 0.1) is 11.2 Å². The number of hydrazone groups is 1. The van der Waals surface area contributed by atoms with Crippen molar-refractivity contribution in [3.63, 3.8) is 0 Å². The Bertz CT molecular complexity index is 1800. The highest BCUT2D eigenvalue weighted by atomic mass is 79.9. The average molecular weight is 647 g/mol. The second-order valence-corrected chi connectivity index (χ2v) is 11.3. The van der Waals surface area contributed by atoms with Crippen molar-refractivity contribution in [2.75, 3.05) is 5.32 Å². The van der Waals surface area contributed by atoms with Crippen molar-refractivity contribution >= 4 is 78.6 Å². The zero-order valence-corrected chi connectivity index (χ0v) is 24.6. The molecular formula is C31H21BrClN3O4S. The van der Waals surface area contributed by atoms with Gasteiger partial charge in [0, 0.05) is 36.9 Å². The number of hydrogen-bond acceptors (Lipinski definition) is 6. The number of carbonyl (C=O) groups excluding carboxylic acids is 3. The molecule has 2 amide bonds. The standard InChI is InChI=1S/C31H21BrClN3O4S/c1-18-7-13-24-26(15-18)41-28(27(24)33)31(39)40-25-14-10-22(32)16-21(25)17-34-36-30(38)20-8-11-23(12-9-20)35-29(37)19-5-3-2-4-6-19/h2-17H,1H3,(H,35,37)(H,36,38)/b34-17-. The van der Waals surface area contributed by atoms with E-state index in [-0.39, 0.29) is 11.7 Å². The van der Waals surface area contributed by atoms with Crippen molar-refractivity contribution in [3.8, 4) is 5.75 Å². The number of halogens is 2. The fourth-order valence-electron chi connectivity index (χ4n) is 3.89. The fraction of sp³-hybridized carbons (Fsp3) is 0.0323. The van der Waals surface area contributed by atoms with Gasteiger partial charge in [0.2, 0.25) is 0 Å². The van der Waals surface area contributed by atoms with Gasteiger partial charge in [0.15, 0.2) is 0 Å². The topological polar surface area (TPSA) is 96.9 Å². The summed E-state index contributed by atoms with van der Waals surface area (Å²) in [6.07, 6.45) is 1.38. The first kappa shape index (κ1) is 28.2. The lowest BCUT2D eigenvalue weighted by Gasteiger charge is -2.08. The highest BCUT2D eigenvalue weighted by Crippen LogP contribution is 2.36. The Balaban J connectivity index is 1.25. The van der Waals surface area contributed by atoms with Crippen LogP contribution in [0, 0.1) is 6.92 Å². The molecule has 0 fully saturated rings. The Labute approximate surface area is 252 Å². The second kappa shape index (κ2) is 12.5. The summed E-state index contributed by atoms with van der Waals surface area (Å²) in [4.78, 5) is 38.3. The number of esters is 1. The Morgan fingerprint density at radius 1 is 0.902 bits per heavy atom. The summed E-state index contributed by atoms with van der Waals surface area (Å²) in [5.41, 5.74) is 5.41. The van der Waals surface area contributed by atoms with Crippen molar-refractivity contribution in [2.24, 2.45) is 5.10 Å². The van der Waals surface area contributed by atoms with E-state index in [1.165, 1.54) is 17.6 Å². The Morgan fingerprint density at radius 3 is 2.39 bits per heavy atom. The zero-order chi connectivity index (χ0) is 28.9. The summed E-state index contributed by atoms with van der Waals surface area (Å²) in [5.74, 6) is -1.04. The maximum Gasteiger partial charge on any atom is 0.355 e. The van der Waals surface area contributed by atoms with Gasteiger partial charge in [-0.05, 0) is 73.2 Å². The molecule has 0 aliphatic carbocycles. The number of nitrogens with one attached hydrogen (secondary N) is 2. The molecule has 0 unspecified atom stereocenters. The summed E-state index contributed by atoms with van der Waals surface area (Å²) in [6, 6.07) is 26.1. The number of carbonyl (C=O) groups is 3. The van der Waals surface area contributed by atoms with Crippen LogP contribution in [0.4, 0.5) is 5.69 Å². The van der Waals surface area contributed by atoms with Gasteiger partial charge in [-0.2, -0.15) is 5.10 Å². The molecule has 1 heterocycles. The first-order valence-electron chi connectivity index (χ1n) is 12.3. The minimum atomic E-state index is -0.589. The van der Waals surface area contributed by atoms with Crippen LogP contribution in [-0.4, -0.2) is 24.0 Å². The summed E-state index contributed by atoms with van der Waals surface area (Å²) >= 11 is 11.2. The van der Waals surface area contributed by atoms with Crippen LogP contribution in [0.25, 0.3) is 10.1 Å². The maximum atomic E-state index is 13.0. The molecule has 0 radical (unpaired) electrons. The third-order valence-corrected chi connectivity index (χ3v) is 8.09. The number of benzene rings is 4. The number of hydrogen-bond donors (Lipinski definition) is 2. The molecule has 7 nitrogen and oxygen atoms in total. The average Bonchev–Trinajstić information content (AvgIpc) is 3.30. The van der Waals surface area contributed by atoms with E-state index in [9.17, 15) is 14.4 Å². The van der Waals surface area contributed by atoms with Crippen molar-refractivity contribution in [1.29, 1.82) is 0 Å². The number of amides is 2. The minimum absolute atomic E-state index is 0.248. The number of nitrogens with zero attached hydrogens (tertiary/aromatic N) is 1. The molecule has 0 aliphatic heterocycles. The number of ether oxygens (including phenoxy) is 1. The third-order valence-electron chi connectivity index (χ3n) is 5.96. The van der Waals surface area contributed by atoms with Crippen LogP contribution < -0.4 is 15.5 Å². The van der Waals surface area contributed by atoms with Gasteiger partial charge in [-0.15, -0.1) is 11.3 Å². The first-order chi connectivity index (χ1) is 19.8. The lowest BCUT2D eigenvalue weighted by atomic mass is 10.1. The van der Waals surface area contributed by atoms with Crippen LogP contribution >= 0.6 is 38.9 Å². The Kier molecular flexibility index (Phi) is 8.58. The van der Waals surface area contributed by atoms with Crippen LogP contribution in [0.2, 0.25) is 5.02 Å². The van der Waals surface area contributed by atoms with Gasteiger partial charge in [-0.3, -0.25) is 9.59 Å². The van der Waals surface area contributed by atoms with Gasteiger partial charge in [0.1, 0.15) is 10.6 Å². The van der Waals surface area contributed by atoms with Gasteiger partial charge in [-0.25, -0.2) is 10.2 Å². The van der Waals surface area contributed by atoms with E-state index in [2.05, 4.69) is 31.8 Å². The molecule has 0 saturated heterocycles. The zero-order valence-electron chi connectivity index (χ0n) is 21.5. The lowest BCUT2D eigenvalue weighted by Crippen LogP contribution is -2.18. The number of aryl methyl sites for hydroxylation is 1. The van der Waals surface area contributed by atoms with Crippen molar-refractivity contribution in [3.05, 3.63) is 128 Å². The normalized spacial score (nSPS) is 11.0. The number of rotatable bonds is 7. The van der Waals surface area contributed by atoms with E-state index in [1.54, 1.807) is 66.7 Å². The first-order valence-corrected chi connectivity index (χ1v) is 14.3. The monoisotopic (exact) mass is 645 g/mol. The molecule has 0 saturated carbocycles. The van der Waals surface area contributed by atoms with Gasteiger partial charge < -0.3 is 10.1 Å². The van der Waals surface area contributed by atoms with Gasteiger partial charge >= 0.3 is 5.97 Å².